The Balaban J connectivity index is 4.42. The van der Waals surface area contributed by atoms with E-state index in [9.17, 15) is 14.4 Å². The van der Waals surface area contributed by atoms with Crippen molar-refractivity contribution in [2.45, 2.75) is 309 Å². The van der Waals surface area contributed by atoms with Gasteiger partial charge in [0.1, 0.15) is 13.2 Å². The topological polar surface area (TPSA) is 78.9 Å². The Kier molecular flexibility index (Phi) is 64.3. The fourth-order valence-electron chi connectivity index (χ4n) is 9.07. The molecule has 1 unspecified atom stereocenters. The van der Waals surface area contributed by atoms with Gasteiger partial charge in [-0.1, -0.05) is 276 Å². The number of unbranched alkanes of at least 4 members (excludes halogenated alkanes) is 27. The molecule has 0 spiro atoms. The molecule has 0 aliphatic carbocycles. The van der Waals surface area contributed by atoms with Gasteiger partial charge in [-0.2, -0.15) is 0 Å². The second-order valence-electron chi connectivity index (χ2n) is 22.0. The monoisotopic (exact) mass is 1120 g/mol. The molecule has 0 radical (unpaired) electrons. The largest absolute Gasteiger partial charge is 0.462 e. The van der Waals surface area contributed by atoms with Crippen LogP contribution in [0.15, 0.2) is 134 Å². The lowest BCUT2D eigenvalue weighted by molar-refractivity contribution is -0.167. The minimum Gasteiger partial charge on any atom is -0.462 e. The van der Waals surface area contributed by atoms with Crippen LogP contribution in [0, 0.1) is 0 Å². The molecule has 0 amide bonds. The van der Waals surface area contributed by atoms with Gasteiger partial charge in [0.05, 0.1) is 0 Å². The van der Waals surface area contributed by atoms with Crippen molar-refractivity contribution in [1.29, 1.82) is 0 Å². The van der Waals surface area contributed by atoms with Crippen molar-refractivity contribution < 1.29 is 28.6 Å². The predicted octanol–water partition coefficient (Wildman–Crippen LogP) is 23.3. The van der Waals surface area contributed by atoms with E-state index in [1.807, 2.05) is 0 Å². The molecule has 0 fully saturated rings. The standard InChI is InChI=1S/C75H124O6/c1-4-7-10-13-16-19-22-25-28-31-32-33-34-35-36-37-38-39-40-41-42-43-44-45-48-50-53-56-59-62-65-68-74(77)80-71-72(81-75(78)69-66-63-60-57-54-51-47-30-27-24-21-18-15-12-9-6-3)70-79-73(76)67-64-61-58-55-52-49-46-29-26-23-20-17-14-11-8-5-2/h7,10,16,19,25,28-30,32-33,35-36,38-39,41-42,44-47,50,53,72H,4-6,8-9,11-15,17-18,20-24,26-27,31,34,37,40,43,48-49,51-52,54-71H2,1-3H3/b10-7-,19-16-,28-25-,33-32-,36-35-,39-38-,42-41-,45-44-,46-29-,47-30-,53-50-. The summed E-state index contributed by atoms with van der Waals surface area (Å²) in [5, 5.41) is 0. The van der Waals surface area contributed by atoms with Crippen LogP contribution in [0.25, 0.3) is 0 Å². The van der Waals surface area contributed by atoms with Crippen molar-refractivity contribution in [3.63, 3.8) is 0 Å². The second kappa shape index (κ2) is 68.1. The molecule has 0 aromatic rings. The third kappa shape index (κ3) is 66.2. The molecule has 0 aliphatic heterocycles. The van der Waals surface area contributed by atoms with Crippen LogP contribution in [0.3, 0.4) is 0 Å². The van der Waals surface area contributed by atoms with Crippen LogP contribution < -0.4 is 0 Å². The average Bonchev–Trinajstić information content (AvgIpc) is 3.47. The summed E-state index contributed by atoms with van der Waals surface area (Å²) in [7, 11) is 0. The molecule has 0 saturated carbocycles. The highest BCUT2D eigenvalue weighted by Gasteiger charge is 2.19. The van der Waals surface area contributed by atoms with Gasteiger partial charge in [-0.25, -0.2) is 0 Å². The van der Waals surface area contributed by atoms with Crippen LogP contribution in [-0.2, 0) is 28.6 Å². The molecule has 1 atom stereocenters. The fraction of sp³-hybridized carbons (Fsp3) is 0.667. The van der Waals surface area contributed by atoms with E-state index in [0.717, 1.165) is 141 Å². The average molecular weight is 1120 g/mol. The van der Waals surface area contributed by atoms with Gasteiger partial charge in [-0.15, -0.1) is 0 Å². The summed E-state index contributed by atoms with van der Waals surface area (Å²) in [4.78, 5) is 38.3. The van der Waals surface area contributed by atoms with Crippen LogP contribution in [0.5, 0.6) is 0 Å². The number of hydrogen-bond donors (Lipinski definition) is 0. The van der Waals surface area contributed by atoms with Crippen LogP contribution >= 0.6 is 0 Å². The van der Waals surface area contributed by atoms with Crippen molar-refractivity contribution in [1.82, 2.24) is 0 Å². The Morgan fingerprint density at radius 2 is 0.481 bits per heavy atom. The minimum absolute atomic E-state index is 0.0984. The maximum atomic E-state index is 12.9. The van der Waals surface area contributed by atoms with Gasteiger partial charge in [0.2, 0.25) is 0 Å². The first-order valence-corrected chi connectivity index (χ1v) is 33.7. The molecule has 81 heavy (non-hydrogen) atoms. The molecule has 460 valence electrons. The molecule has 6 heteroatoms. The summed E-state index contributed by atoms with van der Waals surface area (Å²) in [6.07, 6.45) is 96.0. The number of esters is 3. The zero-order valence-corrected chi connectivity index (χ0v) is 52.8. The first kappa shape index (κ1) is 76.5. The van der Waals surface area contributed by atoms with Gasteiger partial charge in [0.25, 0.3) is 0 Å². The molecular weight excluding hydrogens is 997 g/mol. The molecule has 0 aromatic carbocycles. The van der Waals surface area contributed by atoms with Crippen LogP contribution in [-0.4, -0.2) is 37.2 Å². The molecule has 0 aliphatic rings. The van der Waals surface area contributed by atoms with Gasteiger partial charge in [-0.3, -0.25) is 14.4 Å². The van der Waals surface area contributed by atoms with Crippen molar-refractivity contribution in [3.8, 4) is 0 Å². The van der Waals surface area contributed by atoms with Crippen molar-refractivity contribution in [2.24, 2.45) is 0 Å². The first-order valence-electron chi connectivity index (χ1n) is 33.7. The van der Waals surface area contributed by atoms with E-state index in [4.69, 9.17) is 14.2 Å². The van der Waals surface area contributed by atoms with E-state index < -0.39 is 6.10 Å². The van der Waals surface area contributed by atoms with Crippen molar-refractivity contribution >= 4 is 17.9 Å². The Morgan fingerprint density at radius 3 is 0.778 bits per heavy atom. The Morgan fingerprint density at radius 1 is 0.259 bits per heavy atom. The highest BCUT2D eigenvalue weighted by Crippen LogP contribution is 2.15. The summed E-state index contributed by atoms with van der Waals surface area (Å²) in [6.45, 7) is 6.49. The van der Waals surface area contributed by atoms with E-state index in [-0.39, 0.29) is 31.1 Å². The Labute approximate surface area is 500 Å². The van der Waals surface area contributed by atoms with Crippen LogP contribution in [0.4, 0.5) is 0 Å². The maximum absolute atomic E-state index is 12.9. The summed E-state index contributed by atoms with van der Waals surface area (Å²) < 4.78 is 16.9. The summed E-state index contributed by atoms with van der Waals surface area (Å²) in [5.74, 6) is -0.944. The predicted molar refractivity (Wildman–Crippen MR) is 353 cm³/mol. The molecule has 0 rings (SSSR count). The molecule has 6 nitrogen and oxygen atoms in total. The number of allylic oxidation sites excluding steroid dienone is 22. The number of carbonyl (C=O) groups is 3. The maximum Gasteiger partial charge on any atom is 0.306 e. The third-order valence-corrected chi connectivity index (χ3v) is 14.1. The van der Waals surface area contributed by atoms with Gasteiger partial charge in [0, 0.05) is 19.3 Å². The van der Waals surface area contributed by atoms with Crippen molar-refractivity contribution in [2.75, 3.05) is 13.2 Å². The Hall–Kier alpha value is -4.45. The van der Waals surface area contributed by atoms with E-state index in [1.54, 1.807) is 0 Å². The summed E-state index contributed by atoms with van der Waals surface area (Å²) in [6, 6.07) is 0. The smallest absolute Gasteiger partial charge is 0.306 e. The van der Waals surface area contributed by atoms with E-state index in [2.05, 4.69) is 154 Å². The summed E-state index contributed by atoms with van der Waals surface area (Å²) in [5.41, 5.74) is 0. The number of rotatable bonds is 60. The number of ether oxygens (including phenoxy) is 3. The highest BCUT2D eigenvalue weighted by molar-refractivity contribution is 5.71. The van der Waals surface area contributed by atoms with Gasteiger partial charge < -0.3 is 14.2 Å². The van der Waals surface area contributed by atoms with Crippen LogP contribution in [0.2, 0.25) is 0 Å². The lowest BCUT2D eigenvalue weighted by Crippen LogP contribution is -2.30. The van der Waals surface area contributed by atoms with E-state index in [1.165, 1.54) is 122 Å². The van der Waals surface area contributed by atoms with Gasteiger partial charge >= 0.3 is 17.9 Å². The molecule has 0 aromatic heterocycles. The quantitative estimate of drug-likeness (QED) is 0.0261. The molecule has 0 bridgehead atoms. The summed E-state index contributed by atoms with van der Waals surface area (Å²) >= 11 is 0. The van der Waals surface area contributed by atoms with Crippen molar-refractivity contribution in [3.05, 3.63) is 134 Å². The number of carbonyl (C=O) groups excluding carboxylic acids is 3. The fourth-order valence-corrected chi connectivity index (χ4v) is 9.07. The Bertz CT molecular complexity index is 1720. The normalized spacial score (nSPS) is 13.0. The van der Waals surface area contributed by atoms with Gasteiger partial charge in [-0.05, 0) is 141 Å². The molecule has 0 saturated heterocycles. The lowest BCUT2D eigenvalue weighted by Gasteiger charge is -2.18. The zero-order valence-electron chi connectivity index (χ0n) is 52.8. The zero-order chi connectivity index (χ0) is 58.5. The molecular formula is C75H124O6. The van der Waals surface area contributed by atoms with Gasteiger partial charge in [0.15, 0.2) is 6.10 Å². The molecule has 0 N–H and O–H groups in total. The SMILES string of the molecule is CC/C=C\C/C=C\C/C=C\C/C=C\C/C=C\C/C=C\C/C=C\C/C=C\C/C=C\CCCCCC(=O)OCC(COC(=O)CCCCCCC/C=C\CCCCCCCCC)OC(=O)CCCCCCC/C=C\CCCCCCCCC. The molecule has 0 heterocycles. The number of hydrogen-bond acceptors (Lipinski definition) is 6. The third-order valence-electron chi connectivity index (χ3n) is 14.1. The van der Waals surface area contributed by atoms with E-state index >= 15 is 0 Å². The lowest BCUT2D eigenvalue weighted by atomic mass is 10.1. The minimum atomic E-state index is -0.805. The van der Waals surface area contributed by atoms with Crippen LogP contribution in [0.1, 0.15) is 303 Å². The second-order valence-corrected chi connectivity index (χ2v) is 22.0. The first-order chi connectivity index (χ1) is 40.0. The highest BCUT2D eigenvalue weighted by atomic mass is 16.6. The van der Waals surface area contributed by atoms with E-state index in [0.29, 0.717) is 19.3 Å².